The van der Waals surface area contributed by atoms with E-state index in [4.69, 9.17) is 5.73 Å². The van der Waals surface area contributed by atoms with Crippen LogP contribution in [0.1, 0.15) is 56.2 Å². The first-order valence-corrected chi connectivity index (χ1v) is 13.5. The summed E-state index contributed by atoms with van der Waals surface area (Å²) < 4.78 is 0. The maximum atomic E-state index is 14.1. The van der Waals surface area contributed by atoms with E-state index in [0.29, 0.717) is 19.5 Å². The van der Waals surface area contributed by atoms with E-state index in [1.807, 2.05) is 49.3 Å². The lowest BCUT2D eigenvalue weighted by molar-refractivity contribution is -0.179. The number of hydrogen-bond donors (Lipinski definition) is 2. The van der Waals surface area contributed by atoms with Gasteiger partial charge in [-0.25, -0.2) is 0 Å². The average molecular weight is 518 g/mol. The Balaban J connectivity index is 1.41. The molecule has 3 aliphatic rings. The van der Waals surface area contributed by atoms with Crippen LogP contribution < -0.4 is 16.0 Å². The van der Waals surface area contributed by atoms with Crippen LogP contribution in [0.25, 0.3) is 0 Å². The maximum absolute atomic E-state index is 14.1. The molecule has 4 atom stereocenters. The highest BCUT2D eigenvalue weighted by Gasteiger charge is 2.61. The molecule has 0 aliphatic carbocycles. The van der Waals surface area contributed by atoms with E-state index < -0.39 is 17.0 Å². The van der Waals surface area contributed by atoms with Gasteiger partial charge in [-0.2, -0.15) is 0 Å². The molecule has 2 aromatic carbocycles. The number of carbonyl (C=O) groups excluding carboxylic acids is 3. The van der Waals surface area contributed by atoms with E-state index in [2.05, 4.69) is 34.5 Å². The Kier molecular flexibility index (Phi) is 6.71. The average Bonchev–Trinajstić information content (AvgIpc) is 3.23. The molecule has 2 fully saturated rings. The number of likely N-dealkylation sites (N-methyl/N-ethyl adjacent to an activating group) is 1. The van der Waals surface area contributed by atoms with Gasteiger partial charge in [0.15, 0.2) is 0 Å². The molecule has 0 bridgehead atoms. The van der Waals surface area contributed by atoms with Crippen LogP contribution in [0.4, 0.5) is 5.69 Å². The van der Waals surface area contributed by atoms with Gasteiger partial charge in [-0.15, -0.1) is 0 Å². The predicted molar refractivity (Wildman–Crippen MR) is 147 cm³/mol. The smallest absolute Gasteiger partial charge is 0.245 e. The van der Waals surface area contributed by atoms with E-state index in [-0.39, 0.29) is 29.7 Å². The van der Waals surface area contributed by atoms with E-state index >= 15 is 0 Å². The van der Waals surface area contributed by atoms with Crippen molar-refractivity contribution in [3.63, 3.8) is 0 Å². The van der Waals surface area contributed by atoms with E-state index in [0.717, 1.165) is 30.6 Å². The lowest BCUT2D eigenvalue weighted by Crippen LogP contribution is -2.68. The Bertz CT molecular complexity index is 1230. The number of nitrogens with zero attached hydrogens (tertiary/aromatic N) is 3. The summed E-state index contributed by atoms with van der Waals surface area (Å²) in [6.07, 6.45) is 1.96. The van der Waals surface area contributed by atoms with Crippen molar-refractivity contribution in [3.8, 4) is 0 Å². The molecule has 3 N–H and O–H groups in total. The molecule has 3 heterocycles. The fraction of sp³-hybridized carbons (Fsp3) is 0.500. The second-order valence-corrected chi connectivity index (χ2v) is 11.9. The zero-order valence-corrected chi connectivity index (χ0v) is 22.8. The van der Waals surface area contributed by atoms with Gasteiger partial charge in [-0.05, 0) is 50.3 Å². The molecule has 2 aromatic rings. The highest BCUT2D eigenvalue weighted by molar-refractivity contribution is 5.94. The highest BCUT2D eigenvalue weighted by Crippen LogP contribution is 2.54. The Morgan fingerprint density at radius 3 is 2.50 bits per heavy atom. The van der Waals surface area contributed by atoms with Gasteiger partial charge in [0.25, 0.3) is 0 Å². The summed E-state index contributed by atoms with van der Waals surface area (Å²) >= 11 is 0. The molecule has 5 rings (SSSR count). The number of nitrogens with two attached hydrogens (primary N) is 1. The summed E-state index contributed by atoms with van der Waals surface area (Å²) in [7, 11) is 3.89. The molecule has 2 saturated heterocycles. The van der Waals surface area contributed by atoms with E-state index in [1.54, 1.807) is 18.7 Å². The molecule has 3 unspecified atom stereocenters. The molecule has 8 heteroatoms. The molecular weight excluding hydrogens is 478 g/mol. The van der Waals surface area contributed by atoms with Crippen molar-refractivity contribution in [1.82, 2.24) is 15.1 Å². The first-order valence-electron chi connectivity index (χ1n) is 13.5. The minimum Gasteiger partial charge on any atom is -0.374 e. The van der Waals surface area contributed by atoms with Gasteiger partial charge in [0, 0.05) is 45.3 Å². The van der Waals surface area contributed by atoms with Gasteiger partial charge in [0.05, 0.1) is 17.0 Å². The van der Waals surface area contributed by atoms with Crippen molar-refractivity contribution in [2.45, 2.75) is 56.7 Å². The van der Waals surface area contributed by atoms with Crippen LogP contribution in [0.5, 0.6) is 0 Å². The van der Waals surface area contributed by atoms with Crippen molar-refractivity contribution in [1.29, 1.82) is 0 Å². The Hall–Kier alpha value is -3.39. The number of amides is 3. The Labute approximate surface area is 225 Å². The van der Waals surface area contributed by atoms with Gasteiger partial charge in [0.2, 0.25) is 17.7 Å². The van der Waals surface area contributed by atoms with E-state index in [9.17, 15) is 14.4 Å². The molecule has 0 radical (unpaired) electrons. The molecule has 1 spiro atoms. The number of benzene rings is 2. The molecule has 8 nitrogen and oxygen atoms in total. The maximum Gasteiger partial charge on any atom is 0.245 e. The van der Waals surface area contributed by atoms with Gasteiger partial charge in [0.1, 0.15) is 6.04 Å². The standard InChI is InChI=1S/C30H39N5O3/c1-29(2,31)27(37)32-23(17-21-18-33(3)24-14-9-8-13-22(21)24)26(36)35-16-10-15-30(19-35)25(34(4)28(30)38)20-11-6-5-7-12-20/h5-9,11-14,21,23,25H,10,15-19,31H2,1-4H3,(H,32,37)/t21?,23-,25?,30?/m1/s1. The monoisotopic (exact) mass is 517 g/mol. The SMILES string of the molecule is CN1CC(C[C@@H](NC(=O)C(C)(C)N)C(=O)N2CCCC3(C2)C(=O)N(C)C3c2ccccc2)c2ccccc21. The number of nitrogens with one attached hydrogen (secondary N) is 1. The number of carbonyl (C=O) groups is 3. The fourth-order valence-electron chi connectivity index (χ4n) is 6.72. The topological polar surface area (TPSA) is 99.0 Å². The van der Waals surface area contributed by atoms with E-state index in [1.165, 1.54) is 5.56 Å². The number of hydrogen-bond acceptors (Lipinski definition) is 5. The molecule has 0 aromatic heterocycles. The second kappa shape index (κ2) is 9.73. The minimum absolute atomic E-state index is 0.0711. The van der Waals surface area contributed by atoms with Crippen LogP contribution in [0.15, 0.2) is 54.6 Å². The summed E-state index contributed by atoms with van der Waals surface area (Å²) in [5.41, 5.74) is 7.78. The quantitative estimate of drug-likeness (QED) is 0.574. The second-order valence-electron chi connectivity index (χ2n) is 11.9. The number of β-lactam (4-membered cyclic amide) rings is 1. The van der Waals surface area contributed by atoms with Crippen LogP contribution in [0.3, 0.4) is 0 Å². The van der Waals surface area contributed by atoms with Gasteiger partial charge < -0.3 is 25.8 Å². The first kappa shape index (κ1) is 26.2. The summed E-state index contributed by atoms with van der Waals surface area (Å²) in [5.74, 6) is -0.316. The molecular formula is C30H39N5O3. The summed E-state index contributed by atoms with van der Waals surface area (Å²) in [6, 6.07) is 17.5. The third kappa shape index (κ3) is 4.45. The van der Waals surface area contributed by atoms with Crippen molar-refractivity contribution < 1.29 is 14.4 Å². The Morgan fingerprint density at radius 1 is 1.11 bits per heavy atom. The van der Waals surface area contributed by atoms with Crippen LogP contribution in [-0.2, 0) is 14.4 Å². The normalized spacial score (nSPS) is 25.7. The van der Waals surface area contributed by atoms with Crippen molar-refractivity contribution >= 4 is 23.4 Å². The third-order valence-corrected chi connectivity index (χ3v) is 8.60. The van der Waals surface area contributed by atoms with Gasteiger partial charge in [-0.1, -0.05) is 48.5 Å². The third-order valence-electron chi connectivity index (χ3n) is 8.60. The zero-order valence-electron chi connectivity index (χ0n) is 22.8. The van der Waals surface area contributed by atoms with Crippen molar-refractivity contribution in [2.75, 3.05) is 38.6 Å². The van der Waals surface area contributed by atoms with Crippen LogP contribution >= 0.6 is 0 Å². The van der Waals surface area contributed by atoms with Gasteiger partial charge in [-0.3, -0.25) is 14.4 Å². The number of para-hydroxylation sites is 1. The number of rotatable bonds is 6. The molecule has 3 amide bonds. The van der Waals surface area contributed by atoms with Crippen molar-refractivity contribution in [2.24, 2.45) is 11.1 Å². The number of likely N-dealkylation sites (tertiary alicyclic amines) is 2. The molecule has 0 saturated carbocycles. The Morgan fingerprint density at radius 2 is 1.79 bits per heavy atom. The van der Waals surface area contributed by atoms with Crippen LogP contribution in [0, 0.1) is 5.41 Å². The summed E-state index contributed by atoms with van der Waals surface area (Å²) in [4.78, 5) is 46.2. The van der Waals surface area contributed by atoms with Gasteiger partial charge >= 0.3 is 0 Å². The lowest BCUT2D eigenvalue weighted by Gasteiger charge is -2.58. The van der Waals surface area contributed by atoms with Crippen LogP contribution in [-0.4, -0.2) is 72.8 Å². The summed E-state index contributed by atoms with van der Waals surface area (Å²) in [5, 5.41) is 2.98. The lowest BCUT2D eigenvalue weighted by atomic mass is 9.63. The minimum atomic E-state index is -1.11. The fourth-order valence-corrected chi connectivity index (χ4v) is 6.72. The number of fused-ring (bicyclic) bond motifs is 1. The van der Waals surface area contributed by atoms with Crippen LogP contribution in [0.2, 0.25) is 0 Å². The molecule has 3 aliphatic heterocycles. The zero-order chi connectivity index (χ0) is 27.2. The number of piperidine rings is 1. The van der Waals surface area contributed by atoms with Crippen molar-refractivity contribution in [3.05, 3.63) is 65.7 Å². The predicted octanol–water partition coefficient (Wildman–Crippen LogP) is 2.65. The summed E-state index contributed by atoms with van der Waals surface area (Å²) in [6.45, 7) is 4.98. The first-order chi connectivity index (χ1) is 18.0. The number of anilines is 1. The largest absolute Gasteiger partial charge is 0.374 e. The highest BCUT2D eigenvalue weighted by atomic mass is 16.2. The molecule has 38 heavy (non-hydrogen) atoms. The molecule has 202 valence electrons.